The summed E-state index contributed by atoms with van der Waals surface area (Å²) in [6.45, 7) is 8.54. The van der Waals surface area contributed by atoms with Gasteiger partial charge in [-0.1, -0.05) is 13.8 Å². The molecule has 2 saturated heterocycles. The molecular formula is C20H32N4O2. The number of likely N-dealkylation sites (tertiary alicyclic amines) is 1. The number of rotatable bonds is 5. The maximum Gasteiger partial charge on any atom is 0.191 e. The van der Waals surface area contributed by atoms with Gasteiger partial charge in [-0.3, -0.25) is 9.89 Å². The van der Waals surface area contributed by atoms with Crippen LogP contribution in [0.2, 0.25) is 0 Å². The fraction of sp³-hybridized carbons (Fsp3) is 0.750. The van der Waals surface area contributed by atoms with Gasteiger partial charge in [-0.25, -0.2) is 0 Å². The van der Waals surface area contributed by atoms with Crippen molar-refractivity contribution in [3.05, 3.63) is 24.2 Å². The number of nitrogens with zero attached hydrogens (tertiary/aromatic N) is 2. The molecule has 0 aromatic carbocycles. The van der Waals surface area contributed by atoms with Crippen LogP contribution >= 0.6 is 0 Å². The highest BCUT2D eigenvalue weighted by Gasteiger charge is 2.59. The SMILES string of the molecule is CN=C(NCC(c1ccco1)N1CCCC1)NC1C2CCOC2C1(C)C. The molecule has 1 aliphatic carbocycles. The Balaban J connectivity index is 1.38. The number of ether oxygens (including phenoxy) is 1. The van der Waals surface area contributed by atoms with Crippen LogP contribution in [0.4, 0.5) is 0 Å². The number of furan rings is 1. The summed E-state index contributed by atoms with van der Waals surface area (Å²) in [5, 5.41) is 7.21. The highest BCUT2D eigenvalue weighted by atomic mass is 16.5. The summed E-state index contributed by atoms with van der Waals surface area (Å²) in [6.07, 6.45) is 5.83. The van der Waals surface area contributed by atoms with Crippen molar-refractivity contribution < 1.29 is 9.15 Å². The van der Waals surface area contributed by atoms with Gasteiger partial charge in [0.2, 0.25) is 0 Å². The molecule has 2 aliphatic heterocycles. The average Bonchev–Trinajstić information content (AvgIpc) is 3.40. The highest BCUT2D eigenvalue weighted by Crippen LogP contribution is 2.52. The van der Waals surface area contributed by atoms with E-state index in [0.717, 1.165) is 44.4 Å². The molecular weight excluding hydrogens is 328 g/mol. The summed E-state index contributed by atoms with van der Waals surface area (Å²) in [5.41, 5.74) is 0.147. The Hall–Kier alpha value is -1.53. The first-order chi connectivity index (χ1) is 12.6. The van der Waals surface area contributed by atoms with Crippen LogP contribution in [0, 0.1) is 11.3 Å². The first kappa shape index (κ1) is 17.9. The molecule has 1 saturated carbocycles. The Labute approximate surface area is 156 Å². The molecule has 0 amide bonds. The summed E-state index contributed by atoms with van der Waals surface area (Å²) < 4.78 is 11.6. The third-order valence-electron chi connectivity index (χ3n) is 6.53. The predicted molar refractivity (Wildman–Crippen MR) is 102 cm³/mol. The van der Waals surface area contributed by atoms with Gasteiger partial charge >= 0.3 is 0 Å². The highest BCUT2D eigenvalue weighted by molar-refractivity contribution is 5.80. The van der Waals surface area contributed by atoms with Gasteiger partial charge in [-0.2, -0.15) is 0 Å². The van der Waals surface area contributed by atoms with Crippen LogP contribution in [-0.2, 0) is 4.74 Å². The normalized spacial score (nSPS) is 32.1. The summed E-state index contributed by atoms with van der Waals surface area (Å²) >= 11 is 0. The Morgan fingerprint density at radius 1 is 1.38 bits per heavy atom. The van der Waals surface area contributed by atoms with E-state index in [2.05, 4.69) is 40.4 Å². The smallest absolute Gasteiger partial charge is 0.191 e. The second-order valence-electron chi connectivity index (χ2n) is 8.41. The Bertz CT molecular complexity index is 622. The fourth-order valence-electron chi connectivity index (χ4n) is 5.10. The quantitative estimate of drug-likeness (QED) is 0.624. The molecule has 4 unspecified atom stereocenters. The van der Waals surface area contributed by atoms with Crippen LogP contribution in [0.15, 0.2) is 27.8 Å². The standard InChI is InChI=1S/C20H32N4O2/c1-20(2)17(14-8-12-26-18(14)20)23-19(21-3)22-13-15(16-7-6-11-25-16)24-9-4-5-10-24/h6-7,11,14-15,17-18H,4-5,8-10,12-13H2,1-3H3,(H2,21,22,23). The molecule has 0 spiro atoms. The zero-order chi connectivity index (χ0) is 18.1. The van der Waals surface area contributed by atoms with E-state index in [1.165, 1.54) is 12.8 Å². The molecule has 144 valence electrons. The number of fused-ring (bicyclic) bond motifs is 1. The van der Waals surface area contributed by atoms with E-state index >= 15 is 0 Å². The number of guanidine groups is 1. The van der Waals surface area contributed by atoms with Crippen LogP contribution in [0.5, 0.6) is 0 Å². The van der Waals surface area contributed by atoms with Gasteiger partial charge in [0.25, 0.3) is 0 Å². The molecule has 0 bridgehead atoms. The molecule has 0 radical (unpaired) electrons. The van der Waals surface area contributed by atoms with Crippen LogP contribution in [0.1, 0.15) is 44.9 Å². The van der Waals surface area contributed by atoms with Gasteiger partial charge in [0.05, 0.1) is 18.4 Å². The van der Waals surface area contributed by atoms with Crippen LogP contribution in [0.25, 0.3) is 0 Å². The van der Waals surface area contributed by atoms with Crippen molar-refractivity contribution in [1.82, 2.24) is 15.5 Å². The van der Waals surface area contributed by atoms with Gasteiger partial charge in [0.15, 0.2) is 5.96 Å². The third-order valence-corrected chi connectivity index (χ3v) is 6.53. The van der Waals surface area contributed by atoms with Gasteiger partial charge in [-0.05, 0) is 44.5 Å². The first-order valence-electron chi connectivity index (χ1n) is 9.97. The molecule has 2 N–H and O–H groups in total. The van der Waals surface area contributed by atoms with E-state index < -0.39 is 0 Å². The largest absolute Gasteiger partial charge is 0.468 e. The molecule has 26 heavy (non-hydrogen) atoms. The van der Waals surface area contributed by atoms with Gasteiger partial charge in [0.1, 0.15) is 5.76 Å². The van der Waals surface area contributed by atoms with Gasteiger partial charge in [-0.15, -0.1) is 0 Å². The van der Waals surface area contributed by atoms with Gasteiger partial charge in [0, 0.05) is 37.6 Å². The van der Waals surface area contributed by atoms with Crippen molar-refractivity contribution in [1.29, 1.82) is 0 Å². The summed E-state index contributed by atoms with van der Waals surface area (Å²) in [4.78, 5) is 6.98. The van der Waals surface area contributed by atoms with Crippen molar-refractivity contribution in [2.45, 2.75) is 51.3 Å². The van der Waals surface area contributed by atoms with E-state index in [9.17, 15) is 0 Å². The number of hydrogen-bond acceptors (Lipinski definition) is 4. The predicted octanol–water partition coefficient (Wildman–Crippen LogP) is 2.40. The summed E-state index contributed by atoms with van der Waals surface area (Å²) in [7, 11) is 1.85. The van der Waals surface area contributed by atoms with Crippen molar-refractivity contribution >= 4 is 5.96 Å². The molecule has 3 aliphatic rings. The number of hydrogen-bond donors (Lipinski definition) is 2. The van der Waals surface area contributed by atoms with Crippen molar-refractivity contribution in [3.8, 4) is 0 Å². The van der Waals surface area contributed by atoms with E-state index in [0.29, 0.717) is 18.1 Å². The van der Waals surface area contributed by atoms with E-state index in [1.807, 2.05) is 13.1 Å². The minimum absolute atomic E-state index is 0.147. The fourth-order valence-corrected chi connectivity index (χ4v) is 5.10. The lowest BCUT2D eigenvalue weighted by atomic mass is 9.57. The van der Waals surface area contributed by atoms with Crippen LogP contribution in [-0.4, -0.2) is 56.3 Å². The topological polar surface area (TPSA) is 62.0 Å². The second kappa shape index (κ2) is 7.24. The Morgan fingerprint density at radius 3 is 2.88 bits per heavy atom. The molecule has 6 heteroatoms. The maximum absolute atomic E-state index is 5.91. The number of aliphatic imine (C=N–C) groups is 1. The summed E-state index contributed by atoms with van der Waals surface area (Å²) in [5.74, 6) is 2.51. The van der Waals surface area contributed by atoms with Crippen molar-refractivity contribution in [3.63, 3.8) is 0 Å². The lowest BCUT2D eigenvalue weighted by Gasteiger charge is -2.55. The zero-order valence-corrected chi connectivity index (χ0v) is 16.2. The van der Waals surface area contributed by atoms with E-state index in [1.54, 1.807) is 6.26 Å². The Morgan fingerprint density at radius 2 is 2.19 bits per heavy atom. The first-order valence-corrected chi connectivity index (χ1v) is 9.97. The molecule has 4 rings (SSSR count). The van der Waals surface area contributed by atoms with E-state index in [4.69, 9.17) is 9.15 Å². The minimum atomic E-state index is 0.147. The van der Waals surface area contributed by atoms with Crippen molar-refractivity contribution in [2.75, 3.05) is 33.3 Å². The van der Waals surface area contributed by atoms with Crippen molar-refractivity contribution in [2.24, 2.45) is 16.3 Å². The van der Waals surface area contributed by atoms with Crippen LogP contribution < -0.4 is 10.6 Å². The monoisotopic (exact) mass is 360 g/mol. The lowest BCUT2D eigenvalue weighted by Crippen LogP contribution is -2.68. The third kappa shape index (κ3) is 3.14. The van der Waals surface area contributed by atoms with Crippen LogP contribution in [0.3, 0.4) is 0 Å². The molecule has 3 fully saturated rings. The number of nitrogens with one attached hydrogen (secondary N) is 2. The molecule has 1 aromatic rings. The average molecular weight is 361 g/mol. The lowest BCUT2D eigenvalue weighted by molar-refractivity contribution is -0.106. The summed E-state index contributed by atoms with van der Waals surface area (Å²) in [6, 6.07) is 4.72. The maximum atomic E-state index is 5.91. The Kier molecular flexibility index (Phi) is 4.97. The van der Waals surface area contributed by atoms with Gasteiger partial charge < -0.3 is 19.8 Å². The molecule has 4 atom stereocenters. The van der Waals surface area contributed by atoms with E-state index in [-0.39, 0.29) is 11.5 Å². The second-order valence-corrected chi connectivity index (χ2v) is 8.41. The minimum Gasteiger partial charge on any atom is -0.468 e. The molecule has 1 aromatic heterocycles. The molecule has 6 nitrogen and oxygen atoms in total. The zero-order valence-electron chi connectivity index (χ0n) is 16.2. The molecule has 3 heterocycles.